The van der Waals surface area contributed by atoms with E-state index >= 15 is 0 Å². The Morgan fingerprint density at radius 1 is 0.950 bits per heavy atom. The van der Waals surface area contributed by atoms with Crippen LogP contribution in [-0.2, 0) is 6.18 Å². The van der Waals surface area contributed by atoms with Crippen LogP contribution < -0.4 is 10.6 Å². The summed E-state index contributed by atoms with van der Waals surface area (Å²) in [4.78, 5) is 30.3. The molecular weight excluding hydrogens is 519 g/mol. The standard InChI is InChI=1S/C29H24F3N7O/c1-17-6-7-20(11-25(17)38-28-34-10-8-24(37-28)21-5-4-9-33-14-21)27(40)36-26-13-22(39-15-18(2)35-16-39)12-23(19(26)3)29(30,31)32/h4-16H,1-3H3,(H,36,40)(H,34,37,38). The summed E-state index contributed by atoms with van der Waals surface area (Å²) in [7, 11) is 0. The first-order valence-electron chi connectivity index (χ1n) is 12.2. The normalized spacial score (nSPS) is 11.3. The lowest BCUT2D eigenvalue weighted by Gasteiger charge is -2.18. The number of imidazole rings is 1. The van der Waals surface area contributed by atoms with Crippen molar-refractivity contribution in [3.05, 3.63) is 108 Å². The summed E-state index contributed by atoms with van der Waals surface area (Å²) >= 11 is 0. The molecule has 5 aromatic rings. The lowest BCUT2D eigenvalue weighted by atomic mass is 10.0. The number of amides is 1. The Balaban J connectivity index is 1.44. The molecule has 2 N–H and O–H groups in total. The highest BCUT2D eigenvalue weighted by atomic mass is 19.4. The number of nitrogens with zero attached hydrogens (tertiary/aromatic N) is 5. The molecule has 3 aromatic heterocycles. The first-order valence-corrected chi connectivity index (χ1v) is 12.2. The zero-order valence-corrected chi connectivity index (χ0v) is 21.8. The van der Waals surface area contributed by atoms with Gasteiger partial charge < -0.3 is 15.2 Å². The van der Waals surface area contributed by atoms with Crippen LogP contribution in [0.3, 0.4) is 0 Å². The summed E-state index contributed by atoms with van der Waals surface area (Å²) in [6.07, 6.45) is 3.40. The number of aromatic nitrogens is 5. The molecule has 0 spiro atoms. The summed E-state index contributed by atoms with van der Waals surface area (Å²) in [5.74, 6) is -0.251. The maximum atomic E-state index is 13.9. The van der Waals surface area contributed by atoms with Crippen LogP contribution >= 0.6 is 0 Å². The van der Waals surface area contributed by atoms with Crippen molar-refractivity contribution in [2.75, 3.05) is 10.6 Å². The van der Waals surface area contributed by atoms with Gasteiger partial charge in [-0.1, -0.05) is 6.07 Å². The molecule has 0 bridgehead atoms. The van der Waals surface area contributed by atoms with Gasteiger partial charge in [-0.05, 0) is 74.4 Å². The van der Waals surface area contributed by atoms with Gasteiger partial charge in [-0.25, -0.2) is 15.0 Å². The van der Waals surface area contributed by atoms with Gasteiger partial charge in [0.2, 0.25) is 5.95 Å². The summed E-state index contributed by atoms with van der Waals surface area (Å²) < 4.78 is 43.1. The average Bonchev–Trinajstić information content (AvgIpc) is 3.37. The number of aryl methyl sites for hydroxylation is 2. The number of carbonyl (C=O) groups excluding carboxylic acids is 1. The maximum Gasteiger partial charge on any atom is 0.416 e. The maximum absolute atomic E-state index is 13.9. The fourth-order valence-corrected chi connectivity index (χ4v) is 4.14. The highest BCUT2D eigenvalue weighted by Crippen LogP contribution is 2.37. The Morgan fingerprint density at radius 3 is 2.48 bits per heavy atom. The lowest BCUT2D eigenvalue weighted by molar-refractivity contribution is -0.138. The largest absolute Gasteiger partial charge is 0.416 e. The first-order chi connectivity index (χ1) is 19.1. The van der Waals surface area contributed by atoms with Crippen LogP contribution in [0.2, 0.25) is 0 Å². The van der Waals surface area contributed by atoms with E-state index in [0.29, 0.717) is 23.0 Å². The highest BCUT2D eigenvalue weighted by Gasteiger charge is 2.34. The molecule has 0 saturated carbocycles. The predicted octanol–water partition coefficient (Wildman–Crippen LogP) is 6.66. The lowest BCUT2D eigenvalue weighted by Crippen LogP contribution is -2.16. The van der Waals surface area contributed by atoms with Crippen molar-refractivity contribution >= 4 is 23.2 Å². The second-order valence-corrected chi connectivity index (χ2v) is 9.20. The fraction of sp³-hybridized carbons (Fsp3) is 0.138. The minimum Gasteiger partial charge on any atom is -0.324 e. The zero-order chi connectivity index (χ0) is 28.4. The monoisotopic (exact) mass is 543 g/mol. The third-order valence-corrected chi connectivity index (χ3v) is 6.32. The van der Waals surface area contributed by atoms with Crippen LogP contribution in [0.5, 0.6) is 0 Å². The van der Waals surface area contributed by atoms with Gasteiger partial charge in [-0.2, -0.15) is 13.2 Å². The average molecular weight is 544 g/mol. The topological polar surface area (TPSA) is 97.6 Å². The summed E-state index contributed by atoms with van der Waals surface area (Å²) in [6, 6.07) is 12.9. The summed E-state index contributed by atoms with van der Waals surface area (Å²) in [6.45, 7) is 4.92. The third-order valence-electron chi connectivity index (χ3n) is 6.32. The number of carbonyl (C=O) groups is 1. The summed E-state index contributed by atoms with van der Waals surface area (Å²) in [5, 5.41) is 5.79. The van der Waals surface area contributed by atoms with E-state index in [9.17, 15) is 18.0 Å². The molecule has 2 aromatic carbocycles. The third kappa shape index (κ3) is 5.68. The molecule has 202 valence electrons. The van der Waals surface area contributed by atoms with Crippen molar-refractivity contribution in [1.82, 2.24) is 24.5 Å². The number of hydrogen-bond acceptors (Lipinski definition) is 6. The predicted molar refractivity (Wildman–Crippen MR) is 146 cm³/mol. The van der Waals surface area contributed by atoms with Gasteiger partial charge >= 0.3 is 6.18 Å². The van der Waals surface area contributed by atoms with Gasteiger partial charge in [-0.15, -0.1) is 0 Å². The zero-order valence-electron chi connectivity index (χ0n) is 21.8. The van der Waals surface area contributed by atoms with E-state index in [4.69, 9.17) is 0 Å². The quantitative estimate of drug-likeness (QED) is 0.248. The minimum atomic E-state index is -4.61. The fourth-order valence-electron chi connectivity index (χ4n) is 4.14. The van der Waals surface area contributed by atoms with E-state index in [0.717, 1.165) is 17.2 Å². The van der Waals surface area contributed by atoms with Crippen molar-refractivity contribution < 1.29 is 18.0 Å². The van der Waals surface area contributed by atoms with E-state index in [2.05, 4.69) is 30.6 Å². The van der Waals surface area contributed by atoms with Crippen LogP contribution in [0.4, 0.5) is 30.5 Å². The number of nitrogens with one attached hydrogen (secondary N) is 2. The molecule has 0 radical (unpaired) electrons. The number of anilines is 3. The molecule has 8 nitrogen and oxygen atoms in total. The molecule has 0 fully saturated rings. The van der Waals surface area contributed by atoms with Crippen molar-refractivity contribution in [1.29, 1.82) is 0 Å². The number of benzene rings is 2. The van der Waals surface area contributed by atoms with Crippen LogP contribution in [0.1, 0.15) is 32.7 Å². The Kier molecular flexibility index (Phi) is 7.03. The van der Waals surface area contributed by atoms with Gasteiger partial charge in [0.1, 0.15) is 0 Å². The molecule has 11 heteroatoms. The van der Waals surface area contributed by atoms with Gasteiger partial charge in [-0.3, -0.25) is 9.78 Å². The molecule has 0 aliphatic heterocycles. The van der Waals surface area contributed by atoms with E-state index in [1.165, 1.54) is 23.9 Å². The highest BCUT2D eigenvalue weighted by molar-refractivity contribution is 6.05. The molecule has 3 heterocycles. The number of alkyl halides is 3. The van der Waals surface area contributed by atoms with Crippen molar-refractivity contribution in [3.8, 4) is 16.9 Å². The van der Waals surface area contributed by atoms with Crippen molar-refractivity contribution in [2.45, 2.75) is 26.9 Å². The molecule has 0 unspecified atom stereocenters. The molecule has 0 atom stereocenters. The van der Waals surface area contributed by atoms with Gasteiger partial charge in [0.25, 0.3) is 5.91 Å². The van der Waals surface area contributed by atoms with Crippen LogP contribution in [-0.4, -0.2) is 30.4 Å². The summed E-state index contributed by atoms with van der Waals surface area (Å²) in [5.41, 5.74) is 3.11. The Labute approximate surface area is 228 Å². The second-order valence-electron chi connectivity index (χ2n) is 9.20. The molecular formula is C29H24F3N7O. The first kappa shape index (κ1) is 26.5. The van der Waals surface area contributed by atoms with Crippen LogP contribution in [0, 0.1) is 20.8 Å². The molecule has 5 rings (SSSR count). The molecule has 1 amide bonds. The smallest absolute Gasteiger partial charge is 0.324 e. The Bertz CT molecular complexity index is 1700. The van der Waals surface area contributed by atoms with Crippen molar-refractivity contribution in [2.24, 2.45) is 0 Å². The van der Waals surface area contributed by atoms with E-state index in [1.54, 1.807) is 56.0 Å². The van der Waals surface area contributed by atoms with E-state index in [1.807, 2.05) is 19.1 Å². The SMILES string of the molecule is Cc1cn(-c2cc(NC(=O)c3ccc(C)c(Nc4nccc(-c5cccnc5)n4)c3)c(C)c(C(F)(F)F)c2)cn1. The number of rotatable bonds is 6. The molecule has 0 aliphatic carbocycles. The molecule has 0 aliphatic rings. The number of pyridine rings is 1. The van der Waals surface area contributed by atoms with E-state index < -0.39 is 17.6 Å². The molecule has 40 heavy (non-hydrogen) atoms. The minimum absolute atomic E-state index is 0.0452. The number of hydrogen-bond donors (Lipinski definition) is 2. The van der Waals surface area contributed by atoms with Crippen LogP contribution in [0.15, 0.2) is 79.6 Å². The van der Waals surface area contributed by atoms with Crippen LogP contribution in [0.25, 0.3) is 16.9 Å². The van der Waals surface area contributed by atoms with Gasteiger partial charge in [0, 0.05) is 53.0 Å². The second kappa shape index (κ2) is 10.6. The van der Waals surface area contributed by atoms with Gasteiger partial charge in [0.15, 0.2) is 0 Å². The number of halogens is 3. The van der Waals surface area contributed by atoms with E-state index in [-0.39, 0.29) is 22.5 Å². The Hall–Kier alpha value is -5.06. The Morgan fingerprint density at radius 2 is 1.77 bits per heavy atom. The molecule has 0 saturated heterocycles. The van der Waals surface area contributed by atoms with Gasteiger partial charge in [0.05, 0.1) is 23.3 Å². The van der Waals surface area contributed by atoms with Crippen molar-refractivity contribution in [3.63, 3.8) is 0 Å².